The highest BCUT2D eigenvalue weighted by Gasteiger charge is 2.09. The monoisotopic (exact) mass is 296 g/mol. The Morgan fingerprint density at radius 2 is 1.35 bits per heavy atom. The van der Waals surface area contributed by atoms with Crippen LogP contribution < -0.4 is 4.74 Å². The maximum absolute atomic E-state index is 9.22. The molecular formula is C20H12N2O. The Kier molecular flexibility index (Phi) is 4.05. The largest absolute Gasteiger partial charge is 0.456 e. The van der Waals surface area contributed by atoms with Crippen molar-refractivity contribution < 1.29 is 4.74 Å². The fourth-order valence-corrected chi connectivity index (χ4v) is 2.30. The number of benzene rings is 3. The van der Waals surface area contributed by atoms with E-state index in [-0.39, 0.29) is 5.56 Å². The maximum Gasteiger partial charge on any atom is 0.146 e. The van der Waals surface area contributed by atoms with Crippen molar-refractivity contribution in [3.63, 3.8) is 0 Å². The summed E-state index contributed by atoms with van der Waals surface area (Å²) in [6.45, 7) is 0. The molecule has 0 aromatic heterocycles. The Balaban J connectivity index is 1.88. The predicted octanol–water partition coefficient (Wildman–Crippen LogP) is 4.89. The number of rotatable bonds is 3. The van der Waals surface area contributed by atoms with E-state index in [1.165, 1.54) is 0 Å². The first-order valence-corrected chi connectivity index (χ1v) is 7.08. The fourth-order valence-electron chi connectivity index (χ4n) is 2.30. The molecule has 108 valence electrons. The van der Waals surface area contributed by atoms with Gasteiger partial charge in [-0.3, -0.25) is 0 Å². The van der Waals surface area contributed by atoms with Gasteiger partial charge in [-0.05, 0) is 35.4 Å². The highest BCUT2D eigenvalue weighted by molar-refractivity contribution is 5.64. The lowest BCUT2D eigenvalue weighted by molar-refractivity contribution is 0.481. The second-order valence-corrected chi connectivity index (χ2v) is 4.89. The number of hydrogen-bond acceptors (Lipinski definition) is 3. The Labute approximate surface area is 134 Å². The van der Waals surface area contributed by atoms with Gasteiger partial charge in [0.2, 0.25) is 0 Å². The van der Waals surface area contributed by atoms with E-state index >= 15 is 0 Å². The number of ether oxygens (including phenoxy) is 1. The molecule has 0 unspecified atom stereocenters. The highest BCUT2D eigenvalue weighted by atomic mass is 16.5. The molecule has 0 fully saturated rings. The summed E-state index contributed by atoms with van der Waals surface area (Å²) in [5.41, 5.74) is 2.78. The van der Waals surface area contributed by atoms with Crippen LogP contribution in [0.5, 0.6) is 11.5 Å². The molecule has 0 saturated heterocycles. The molecule has 0 amide bonds. The summed E-state index contributed by atoms with van der Waals surface area (Å²) in [4.78, 5) is 0. The molecular weight excluding hydrogens is 284 g/mol. The van der Waals surface area contributed by atoms with Crippen LogP contribution in [0.1, 0.15) is 11.1 Å². The van der Waals surface area contributed by atoms with Crippen LogP contribution in [-0.4, -0.2) is 0 Å². The maximum atomic E-state index is 9.22. The summed E-state index contributed by atoms with van der Waals surface area (Å²) >= 11 is 0. The number of nitrogens with zero attached hydrogens (tertiary/aromatic N) is 2. The molecule has 0 bridgehead atoms. The zero-order valence-corrected chi connectivity index (χ0v) is 12.2. The molecule has 0 heterocycles. The van der Waals surface area contributed by atoms with Crippen molar-refractivity contribution in [2.45, 2.75) is 0 Å². The van der Waals surface area contributed by atoms with Crippen molar-refractivity contribution in [3.8, 4) is 34.8 Å². The summed E-state index contributed by atoms with van der Waals surface area (Å²) in [6.07, 6.45) is 0. The smallest absolute Gasteiger partial charge is 0.146 e. The van der Waals surface area contributed by atoms with Crippen molar-refractivity contribution in [3.05, 3.63) is 83.9 Å². The minimum atomic E-state index is 0.252. The van der Waals surface area contributed by atoms with Gasteiger partial charge in [-0.2, -0.15) is 10.5 Å². The summed E-state index contributed by atoms with van der Waals surface area (Å²) in [6, 6.07) is 26.7. The SMILES string of the molecule is N#Cc1cccc(Oc2ccc(-c3ccccc3)cc2)c1C#N. The third-order valence-corrected chi connectivity index (χ3v) is 3.45. The minimum absolute atomic E-state index is 0.252. The Morgan fingerprint density at radius 1 is 0.652 bits per heavy atom. The van der Waals surface area contributed by atoms with Gasteiger partial charge in [0.15, 0.2) is 0 Å². The standard InChI is InChI=1S/C20H12N2O/c21-13-17-7-4-8-20(19(17)14-22)23-18-11-9-16(10-12-18)15-5-2-1-3-6-15/h1-12H. The molecule has 0 radical (unpaired) electrons. The highest BCUT2D eigenvalue weighted by Crippen LogP contribution is 2.29. The summed E-state index contributed by atoms with van der Waals surface area (Å²) in [5, 5.41) is 18.3. The molecule has 3 aromatic rings. The van der Waals surface area contributed by atoms with Crippen LogP contribution in [0.15, 0.2) is 72.8 Å². The van der Waals surface area contributed by atoms with E-state index in [1.807, 2.05) is 66.7 Å². The zero-order chi connectivity index (χ0) is 16.1. The van der Waals surface area contributed by atoms with Crippen LogP contribution in [0.4, 0.5) is 0 Å². The molecule has 0 aliphatic rings. The molecule has 3 rings (SSSR count). The van der Waals surface area contributed by atoms with E-state index in [2.05, 4.69) is 0 Å². The quantitative estimate of drug-likeness (QED) is 0.691. The first-order valence-electron chi connectivity index (χ1n) is 7.08. The molecule has 0 saturated carbocycles. The summed E-state index contributed by atoms with van der Waals surface area (Å²) in [7, 11) is 0. The molecule has 0 spiro atoms. The van der Waals surface area contributed by atoms with Gasteiger partial charge in [0.1, 0.15) is 29.2 Å². The van der Waals surface area contributed by atoms with E-state index in [4.69, 9.17) is 10.00 Å². The molecule has 0 N–H and O–H groups in total. The van der Waals surface area contributed by atoms with Gasteiger partial charge >= 0.3 is 0 Å². The van der Waals surface area contributed by atoms with E-state index < -0.39 is 0 Å². The van der Waals surface area contributed by atoms with Crippen LogP contribution >= 0.6 is 0 Å². The zero-order valence-electron chi connectivity index (χ0n) is 12.2. The summed E-state index contributed by atoms with van der Waals surface area (Å²) < 4.78 is 5.76. The normalized spacial score (nSPS) is 9.65. The van der Waals surface area contributed by atoms with E-state index in [0.29, 0.717) is 17.1 Å². The number of nitriles is 2. The van der Waals surface area contributed by atoms with Crippen molar-refractivity contribution >= 4 is 0 Å². The van der Waals surface area contributed by atoms with E-state index in [0.717, 1.165) is 11.1 Å². The molecule has 3 heteroatoms. The van der Waals surface area contributed by atoms with Gasteiger partial charge in [-0.25, -0.2) is 0 Å². The van der Waals surface area contributed by atoms with Gasteiger partial charge in [0, 0.05) is 0 Å². The second kappa shape index (κ2) is 6.47. The van der Waals surface area contributed by atoms with Gasteiger partial charge < -0.3 is 4.74 Å². The third kappa shape index (κ3) is 3.05. The van der Waals surface area contributed by atoms with Crippen molar-refractivity contribution in [1.29, 1.82) is 10.5 Å². The van der Waals surface area contributed by atoms with Gasteiger partial charge in [-0.1, -0.05) is 48.5 Å². The number of hydrogen-bond donors (Lipinski definition) is 0. The molecule has 3 nitrogen and oxygen atoms in total. The molecule has 0 aliphatic carbocycles. The van der Waals surface area contributed by atoms with Crippen LogP contribution in [0.3, 0.4) is 0 Å². The predicted molar refractivity (Wildman–Crippen MR) is 87.8 cm³/mol. The first kappa shape index (κ1) is 14.4. The lowest BCUT2D eigenvalue weighted by Crippen LogP contribution is -1.91. The van der Waals surface area contributed by atoms with E-state index in [9.17, 15) is 5.26 Å². The average molecular weight is 296 g/mol. The second-order valence-electron chi connectivity index (χ2n) is 4.89. The van der Waals surface area contributed by atoms with Gasteiger partial charge in [0.05, 0.1) is 5.56 Å². The molecule has 0 atom stereocenters. The van der Waals surface area contributed by atoms with Gasteiger partial charge in [0.25, 0.3) is 0 Å². The van der Waals surface area contributed by atoms with Crippen LogP contribution in [0, 0.1) is 22.7 Å². The van der Waals surface area contributed by atoms with Crippen molar-refractivity contribution in [2.24, 2.45) is 0 Å². The first-order chi connectivity index (χ1) is 11.3. The van der Waals surface area contributed by atoms with Crippen molar-refractivity contribution in [2.75, 3.05) is 0 Å². The van der Waals surface area contributed by atoms with Crippen molar-refractivity contribution in [1.82, 2.24) is 0 Å². The Hall–Kier alpha value is -3.56. The Morgan fingerprint density at radius 3 is 2.00 bits per heavy atom. The molecule has 0 aliphatic heterocycles. The lowest BCUT2D eigenvalue weighted by Gasteiger charge is -2.09. The van der Waals surface area contributed by atoms with Crippen LogP contribution in [0.25, 0.3) is 11.1 Å². The summed E-state index contributed by atoms with van der Waals surface area (Å²) in [5.74, 6) is 1.01. The molecule has 23 heavy (non-hydrogen) atoms. The van der Waals surface area contributed by atoms with Crippen LogP contribution in [0.2, 0.25) is 0 Å². The lowest BCUT2D eigenvalue weighted by atomic mass is 10.1. The van der Waals surface area contributed by atoms with E-state index in [1.54, 1.807) is 18.2 Å². The van der Waals surface area contributed by atoms with Gasteiger partial charge in [-0.15, -0.1) is 0 Å². The Bertz CT molecular complexity index is 901. The molecule has 3 aromatic carbocycles. The van der Waals surface area contributed by atoms with Crippen LogP contribution in [-0.2, 0) is 0 Å². The topological polar surface area (TPSA) is 56.8 Å². The fraction of sp³-hybridized carbons (Fsp3) is 0. The average Bonchev–Trinajstić information content (AvgIpc) is 2.63. The minimum Gasteiger partial charge on any atom is -0.456 e. The third-order valence-electron chi connectivity index (χ3n) is 3.45.